The van der Waals surface area contributed by atoms with Gasteiger partial charge in [0.1, 0.15) is 5.82 Å². The van der Waals surface area contributed by atoms with Crippen molar-refractivity contribution in [1.29, 1.82) is 0 Å². The molecular weight excluding hydrogens is 361 g/mol. The van der Waals surface area contributed by atoms with E-state index in [0.29, 0.717) is 38.3 Å². The van der Waals surface area contributed by atoms with Crippen LogP contribution in [0, 0.1) is 11.7 Å². The Bertz CT molecular complexity index is 734. The summed E-state index contributed by atoms with van der Waals surface area (Å²) < 4.78 is 13.6. The van der Waals surface area contributed by atoms with E-state index in [9.17, 15) is 18.8 Å². The van der Waals surface area contributed by atoms with Gasteiger partial charge in [-0.1, -0.05) is 17.7 Å². The van der Waals surface area contributed by atoms with Crippen LogP contribution in [0.2, 0.25) is 5.02 Å². The van der Waals surface area contributed by atoms with Gasteiger partial charge in [0.15, 0.2) is 0 Å². The van der Waals surface area contributed by atoms with Crippen molar-refractivity contribution >= 4 is 29.3 Å². The third-order valence-corrected chi connectivity index (χ3v) is 5.26. The Morgan fingerprint density at radius 1 is 1.19 bits per heavy atom. The fourth-order valence-corrected chi connectivity index (χ4v) is 3.57. The summed E-state index contributed by atoms with van der Waals surface area (Å²) in [5.74, 6) is -1.06. The quantitative estimate of drug-likeness (QED) is 0.797. The minimum absolute atomic E-state index is 0.00881. The molecular formula is C18H21ClFN3O3. The summed E-state index contributed by atoms with van der Waals surface area (Å²) in [5, 5.41) is 0.0410. The maximum absolute atomic E-state index is 13.6. The first-order valence-electron chi connectivity index (χ1n) is 8.61. The van der Waals surface area contributed by atoms with Gasteiger partial charge in [0.25, 0.3) is 0 Å². The molecule has 2 fully saturated rings. The lowest BCUT2D eigenvalue weighted by Gasteiger charge is -2.35. The molecule has 26 heavy (non-hydrogen) atoms. The molecule has 1 atom stereocenters. The molecule has 1 unspecified atom stereocenters. The normalized spacial score (nSPS) is 20.7. The van der Waals surface area contributed by atoms with E-state index in [1.54, 1.807) is 20.8 Å². The van der Waals surface area contributed by atoms with Crippen molar-refractivity contribution in [3.63, 3.8) is 0 Å². The largest absolute Gasteiger partial charge is 0.339 e. The molecule has 8 heteroatoms. The van der Waals surface area contributed by atoms with Crippen LogP contribution in [0.4, 0.5) is 4.39 Å². The fourth-order valence-electron chi connectivity index (χ4n) is 3.45. The summed E-state index contributed by atoms with van der Waals surface area (Å²) in [7, 11) is 0. The Kier molecular flexibility index (Phi) is 5.46. The van der Waals surface area contributed by atoms with Crippen molar-refractivity contribution in [3.8, 4) is 0 Å². The highest BCUT2D eigenvalue weighted by Crippen LogP contribution is 2.24. The number of halogens is 2. The predicted octanol–water partition coefficient (Wildman–Crippen LogP) is 1.52. The van der Waals surface area contributed by atoms with E-state index in [1.807, 2.05) is 0 Å². The number of piperazine rings is 1. The minimum Gasteiger partial charge on any atom is -0.339 e. The molecule has 2 aliphatic heterocycles. The first kappa shape index (κ1) is 18.6. The third-order valence-electron chi connectivity index (χ3n) is 4.96. The van der Waals surface area contributed by atoms with Crippen molar-refractivity contribution in [2.75, 3.05) is 32.7 Å². The molecule has 2 heterocycles. The Hall–Kier alpha value is -2.15. The number of likely N-dealkylation sites (tertiary alicyclic amines) is 1. The standard InChI is InChI=1S/C18H21ClFN3O3/c1-12(24)21-4-6-22(7-5-21)18(26)14-9-17(25)23(11-14)10-13-2-3-15(19)16(20)8-13/h2-3,8,14H,4-7,9-11H2,1H3. The molecule has 0 saturated carbocycles. The van der Waals surface area contributed by atoms with Gasteiger partial charge in [-0.15, -0.1) is 0 Å². The maximum atomic E-state index is 13.6. The van der Waals surface area contributed by atoms with Crippen LogP contribution >= 0.6 is 11.6 Å². The number of amides is 3. The molecule has 3 rings (SSSR count). The highest BCUT2D eigenvalue weighted by Gasteiger charge is 2.37. The molecule has 0 bridgehead atoms. The smallest absolute Gasteiger partial charge is 0.228 e. The highest BCUT2D eigenvalue weighted by molar-refractivity contribution is 6.30. The minimum atomic E-state index is -0.521. The second-order valence-corrected chi connectivity index (χ2v) is 7.16. The molecule has 0 aliphatic carbocycles. The van der Waals surface area contributed by atoms with Gasteiger partial charge in [0.05, 0.1) is 10.9 Å². The van der Waals surface area contributed by atoms with E-state index < -0.39 is 5.82 Å². The van der Waals surface area contributed by atoms with E-state index in [2.05, 4.69) is 0 Å². The lowest BCUT2D eigenvalue weighted by atomic mass is 10.1. The molecule has 2 aliphatic rings. The van der Waals surface area contributed by atoms with E-state index in [1.165, 1.54) is 19.1 Å². The van der Waals surface area contributed by atoms with Gasteiger partial charge >= 0.3 is 0 Å². The zero-order chi connectivity index (χ0) is 18.8. The van der Waals surface area contributed by atoms with Gasteiger partial charge in [-0.25, -0.2) is 4.39 Å². The topological polar surface area (TPSA) is 60.9 Å². The lowest BCUT2D eigenvalue weighted by Crippen LogP contribution is -2.51. The Labute approximate surface area is 156 Å². The maximum Gasteiger partial charge on any atom is 0.228 e. The van der Waals surface area contributed by atoms with E-state index in [4.69, 9.17) is 11.6 Å². The number of rotatable bonds is 3. The van der Waals surface area contributed by atoms with Crippen LogP contribution in [-0.2, 0) is 20.9 Å². The molecule has 0 N–H and O–H groups in total. The van der Waals surface area contributed by atoms with Gasteiger partial charge in [-0.05, 0) is 17.7 Å². The number of carbonyl (C=O) groups is 3. The number of hydrogen-bond donors (Lipinski definition) is 0. The molecule has 0 spiro atoms. The molecule has 6 nitrogen and oxygen atoms in total. The fraction of sp³-hybridized carbons (Fsp3) is 0.500. The second-order valence-electron chi connectivity index (χ2n) is 6.76. The van der Waals surface area contributed by atoms with Gasteiger partial charge < -0.3 is 14.7 Å². The molecule has 140 valence electrons. The van der Waals surface area contributed by atoms with Crippen LogP contribution in [0.15, 0.2) is 18.2 Å². The molecule has 0 aromatic heterocycles. The molecule has 2 saturated heterocycles. The molecule has 1 aromatic rings. The van der Waals surface area contributed by atoms with Crippen LogP contribution < -0.4 is 0 Å². The number of nitrogens with zero attached hydrogens (tertiary/aromatic N) is 3. The number of carbonyl (C=O) groups excluding carboxylic acids is 3. The summed E-state index contributed by atoms with van der Waals surface area (Å²) in [5.41, 5.74) is 0.642. The summed E-state index contributed by atoms with van der Waals surface area (Å²) in [6.07, 6.45) is 0.168. The van der Waals surface area contributed by atoms with Gasteiger partial charge in [0, 0.05) is 52.6 Å². The lowest BCUT2D eigenvalue weighted by molar-refractivity contribution is -0.141. The first-order chi connectivity index (χ1) is 12.3. The first-order valence-corrected chi connectivity index (χ1v) is 8.99. The van der Waals surface area contributed by atoms with Crippen LogP contribution in [0.25, 0.3) is 0 Å². The van der Waals surface area contributed by atoms with Crippen molar-refractivity contribution < 1.29 is 18.8 Å². The second kappa shape index (κ2) is 7.61. The predicted molar refractivity (Wildman–Crippen MR) is 93.8 cm³/mol. The van der Waals surface area contributed by atoms with Gasteiger partial charge in [0.2, 0.25) is 17.7 Å². The van der Waals surface area contributed by atoms with Crippen LogP contribution in [0.3, 0.4) is 0 Å². The zero-order valence-corrected chi connectivity index (χ0v) is 15.3. The molecule has 0 radical (unpaired) electrons. The highest BCUT2D eigenvalue weighted by atomic mass is 35.5. The Morgan fingerprint density at radius 3 is 2.46 bits per heavy atom. The van der Waals surface area contributed by atoms with E-state index in [0.717, 1.165) is 0 Å². The van der Waals surface area contributed by atoms with Crippen LogP contribution in [0.5, 0.6) is 0 Å². The van der Waals surface area contributed by atoms with Crippen molar-refractivity contribution in [2.24, 2.45) is 5.92 Å². The number of benzene rings is 1. The van der Waals surface area contributed by atoms with Gasteiger partial charge in [-0.2, -0.15) is 0 Å². The van der Waals surface area contributed by atoms with Crippen LogP contribution in [-0.4, -0.2) is 65.1 Å². The Balaban J connectivity index is 1.58. The van der Waals surface area contributed by atoms with Gasteiger partial charge in [-0.3, -0.25) is 14.4 Å². The average Bonchev–Trinajstić information content (AvgIpc) is 2.98. The van der Waals surface area contributed by atoms with E-state index in [-0.39, 0.29) is 41.6 Å². The Morgan fingerprint density at radius 2 is 1.85 bits per heavy atom. The molecule has 3 amide bonds. The van der Waals surface area contributed by atoms with E-state index >= 15 is 0 Å². The SMILES string of the molecule is CC(=O)N1CCN(C(=O)C2CC(=O)N(Cc3ccc(Cl)c(F)c3)C2)CC1. The molecule has 1 aromatic carbocycles. The van der Waals surface area contributed by atoms with Crippen molar-refractivity contribution in [3.05, 3.63) is 34.6 Å². The zero-order valence-electron chi connectivity index (χ0n) is 14.6. The monoisotopic (exact) mass is 381 g/mol. The number of hydrogen-bond acceptors (Lipinski definition) is 3. The third kappa shape index (κ3) is 3.98. The summed E-state index contributed by atoms with van der Waals surface area (Å²) >= 11 is 5.68. The average molecular weight is 382 g/mol. The summed E-state index contributed by atoms with van der Waals surface area (Å²) in [4.78, 5) is 41.3. The summed E-state index contributed by atoms with van der Waals surface area (Å²) in [6, 6.07) is 4.45. The van der Waals surface area contributed by atoms with Crippen molar-refractivity contribution in [2.45, 2.75) is 19.9 Å². The van der Waals surface area contributed by atoms with Crippen molar-refractivity contribution in [1.82, 2.24) is 14.7 Å². The summed E-state index contributed by atoms with van der Waals surface area (Å²) in [6.45, 7) is 4.14. The van der Waals surface area contributed by atoms with Crippen LogP contribution in [0.1, 0.15) is 18.9 Å².